The average molecular weight is 245 g/mol. The molecule has 0 fully saturated rings. The van der Waals surface area contributed by atoms with Crippen molar-refractivity contribution in [3.63, 3.8) is 0 Å². The molecule has 0 atom stereocenters. The predicted octanol–water partition coefficient (Wildman–Crippen LogP) is 1.62. The molecule has 2 heterocycles. The van der Waals surface area contributed by atoms with Gasteiger partial charge in [0.1, 0.15) is 11.4 Å². The number of ether oxygens (including phenoxy) is 1. The third-order valence-corrected chi connectivity index (χ3v) is 2.74. The maximum atomic E-state index is 12.3. The number of aryl methyl sites for hydroxylation is 2. The van der Waals surface area contributed by atoms with Crippen molar-refractivity contribution < 1.29 is 9.53 Å². The minimum atomic E-state index is -0.101. The SMILES string of the molecule is CCc1cc(C(=O)c2cncc(OC)c2)n(C)n1. The first kappa shape index (κ1) is 12.3. The minimum Gasteiger partial charge on any atom is -0.495 e. The van der Waals surface area contributed by atoms with Crippen molar-refractivity contribution in [3.8, 4) is 5.75 Å². The molecule has 0 amide bonds. The van der Waals surface area contributed by atoms with Crippen LogP contribution in [-0.4, -0.2) is 27.7 Å². The van der Waals surface area contributed by atoms with Gasteiger partial charge in [0.25, 0.3) is 0 Å². The number of ketones is 1. The fourth-order valence-electron chi connectivity index (χ4n) is 1.71. The maximum Gasteiger partial charge on any atom is 0.212 e. The molecule has 0 bridgehead atoms. The number of rotatable bonds is 4. The van der Waals surface area contributed by atoms with E-state index in [1.165, 1.54) is 6.20 Å². The summed E-state index contributed by atoms with van der Waals surface area (Å²) in [7, 11) is 3.31. The van der Waals surface area contributed by atoms with Crippen molar-refractivity contribution in [2.45, 2.75) is 13.3 Å². The summed E-state index contributed by atoms with van der Waals surface area (Å²) < 4.78 is 6.66. The average Bonchev–Trinajstić information content (AvgIpc) is 2.79. The number of pyridine rings is 1. The summed E-state index contributed by atoms with van der Waals surface area (Å²) in [5.74, 6) is 0.467. The number of nitrogens with zero attached hydrogens (tertiary/aromatic N) is 3. The summed E-state index contributed by atoms with van der Waals surface area (Å²) in [6.07, 6.45) is 3.90. The Morgan fingerprint density at radius 1 is 1.39 bits per heavy atom. The number of carbonyl (C=O) groups excluding carboxylic acids is 1. The van der Waals surface area contributed by atoms with Crippen LogP contribution in [0.2, 0.25) is 0 Å². The van der Waals surface area contributed by atoms with E-state index in [4.69, 9.17) is 4.74 Å². The first-order valence-corrected chi connectivity index (χ1v) is 5.72. The highest BCUT2D eigenvalue weighted by atomic mass is 16.5. The molecule has 0 unspecified atom stereocenters. The van der Waals surface area contributed by atoms with Gasteiger partial charge in [0.15, 0.2) is 0 Å². The topological polar surface area (TPSA) is 57.0 Å². The summed E-state index contributed by atoms with van der Waals surface area (Å²) in [4.78, 5) is 16.3. The normalized spacial score (nSPS) is 10.4. The van der Waals surface area contributed by atoms with Crippen LogP contribution in [0.3, 0.4) is 0 Å². The Bertz CT molecular complexity index is 575. The van der Waals surface area contributed by atoms with Gasteiger partial charge in [-0.3, -0.25) is 14.5 Å². The lowest BCUT2D eigenvalue weighted by molar-refractivity contribution is 0.102. The Morgan fingerprint density at radius 2 is 2.17 bits per heavy atom. The molecular formula is C13H15N3O2. The van der Waals surface area contributed by atoms with Gasteiger partial charge in [-0.25, -0.2) is 0 Å². The second-order valence-corrected chi connectivity index (χ2v) is 3.94. The van der Waals surface area contributed by atoms with Crippen LogP contribution < -0.4 is 4.74 Å². The lowest BCUT2D eigenvalue weighted by Gasteiger charge is -2.03. The molecule has 18 heavy (non-hydrogen) atoms. The monoisotopic (exact) mass is 245 g/mol. The molecule has 0 aliphatic rings. The number of carbonyl (C=O) groups is 1. The smallest absolute Gasteiger partial charge is 0.212 e. The van der Waals surface area contributed by atoms with Crippen LogP contribution in [-0.2, 0) is 13.5 Å². The van der Waals surface area contributed by atoms with Gasteiger partial charge >= 0.3 is 0 Å². The Kier molecular flexibility index (Phi) is 3.41. The second-order valence-electron chi connectivity index (χ2n) is 3.94. The molecular weight excluding hydrogens is 230 g/mol. The van der Waals surface area contributed by atoms with Gasteiger partial charge in [0, 0.05) is 18.8 Å². The number of hydrogen-bond donors (Lipinski definition) is 0. The lowest BCUT2D eigenvalue weighted by atomic mass is 10.1. The Labute approximate surface area is 105 Å². The molecule has 94 valence electrons. The van der Waals surface area contributed by atoms with Crippen LogP contribution in [0.25, 0.3) is 0 Å². The van der Waals surface area contributed by atoms with E-state index in [2.05, 4.69) is 10.1 Å². The van der Waals surface area contributed by atoms with E-state index in [-0.39, 0.29) is 5.78 Å². The molecule has 0 saturated carbocycles. The van der Waals surface area contributed by atoms with E-state index in [1.54, 1.807) is 31.1 Å². The highest BCUT2D eigenvalue weighted by Crippen LogP contribution is 2.15. The van der Waals surface area contributed by atoms with Crippen LogP contribution in [0, 0.1) is 0 Å². The van der Waals surface area contributed by atoms with E-state index in [1.807, 2.05) is 13.0 Å². The van der Waals surface area contributed by atoms with Gasteiger partial charge in [-0.1, -0.05) is 6.92 Å². The van der Waals surface area contributed by atoms with Gasteiger partial charge in [0.05, 0.1) is 19.0 Å². The number of aromatic nitrogens is 3. The van der Waals surface area contributed by atoms with Crippen molar-refractivity contribution >= 4 is 5.78 Å². The minimum absolute atomic E-state index is 0.101. The standard InChI is InChI=1S/C13H15N3O2/c1-4-10-6-12(16(2)15-10)13(17)9-5-11(18-3)8-14-7-9/h5-8H,4H2,1-3H3. The lowest BCUT2D eigenvalue weighted by Crippen LogP contribution is -2.08. The molecule has 0 saturated heterocycles. The summed E-state index contributed by atoms with van der Waals surface area (Å²) in [5, 5.41) is 4.26. The van der Waals surface area contributed by atoms with E-state index >= 15 is 0 Å². The molecule has 0 N–H and O–H groups in total. The van der Waals surface area contributed by atoms with Gasteiger partial charge in [-0.2, -0.15) is 5.10 Å². The molecule has 0 radical (unpaired) electrons. The van der Waals surface area contributed by atoms with Gasteiger partial charge < -0.3 is 4.74 Å². The summed E-state index contributed by atoms with van der Waals surface area (Å²) >= 11 is 0. The first-order chi connectivity index (χ1) is 8.65. The van der Waals surface area contributed by atoms with Crippen LogP contribution >= 0.6 is 0 Å². The zero-order valence-electron chi connectivity index (χ0n) is 10.7. The second kappa shape index (κ2) is 5.00. The summed E-state index contributed by atoms with van der Waals surface area (Å²) in [6.45, 7) is 2.00. The third kappa shape index (κ3) is 2.25. The van der Waals surface area contributed by atoms with Crippen LogP contribution in [0.4, 0.5) is 0 Å². The summed E-state index contributed by atoms with van der Waals surface area (Å²) in [6, 6.07) is 3.48. The molecule has 2 aromatic heterocycles. The molecule has 2 rings (SSSR count). The molecule has 0 aliphatic carbocycles. The van der Waals surface area contributed by atoms with Gasteiger partial charge in [-0.15, -0.1) is 0 Å². The number of hydrogen-bond acceptors (Lipinski definition) is 4. The van der Waals surface area contributed by atoms with Crippen LogP contribution in [0.1, 0.15) is 28.7 Å². The van der Waals surface area contributed by atoms with Gasteiger partial charge in [-0.05, 0) is 18.6 Å². The molecule has 5 heteroatoms. The first-order valence-electron chi connectivity index (χ1n) is 5.72. The van der Waals surface area contributed by atoms with E-state index in [0.717, 1.165) is 12.1 Å². The Hall–Kier alpha value is -2.17. The zero-order chi connectivity index (χ0) is 13.1. The number of methoxy groups -OCH3 is 1. The van der Waals surface area contributed by atoms with Gasteiger partial charge in [0.2, 0.25) is 5.78 Å². The molecule has 5 nitrogen and oxygen atoms in total. The third-order valence-electron chi connectivity index (χ3n) is 2.74. The van der Waals surface area contributed by atoms with Crippen molar-refractivity contribution in [2.75, 3.05) is 7.11 Å². The highest BCUT2D eigenvalue weighted by Gasteiger charge is 2.15. The van der Waals surface area contributed by atoms with Crippen LogP contribution in [0.5, 0.6) is 5.75 Å². The van der Waals surface area contributed by atoms with Crippen molar-refractivity contribution in [2.24, 2.45) is 7.05 Å². The van der Waals surface area contributed by atoms with E-state index in [9.17, 15) is 4.79 Å². The molecule has 2 aromatic rings. The largest absolute Gasteiger partial charge is 0.495 e. The quantitative estimate of drug-likeness (QED) is 0.768. The zero-order valence-corrected chi connectivity index (χ0v) is 10.7. The Balaban J connectivity index is 2.37. The fraction of sp³-hybridized carbons (Fsp3) is 0.308. The van der Waals surface area contributed by atoms with Crippen LogP contribution in [0.15, 0.2) is 24.5 Å². The fourth-order valence-corrected chi connectivity index (χ4v) is 1.71. The molecule has 0 spiro atoms. The van der Waals surface area contributed by atoms with Crippen molar-refractivity contribution in [1.82, 2.24) is 14.8 Å². The molecule has 0 aromatic carbocycles. The van der Waals surface area contributed by atoms with Crippen molar-refractivity contribution in [1.29, 1.82) is 0 Å². The molecule has 0 aliphatic heterocycles. The van der Waals surface area contributed by atoms with Crippen molar-refractivity contribution in [3.05, 3.63) is 41.5 Å². The van der Waals surface area contributed by atoms with E-state index < -0.39 is 0 Å². The highest BCUT2D eigenvalue weighted by molar-refractivity contribution is 6.07. The van der Waals surface area contributed by atoms with E-state index in [0.29, 0.717) is 17.0 Å². The maximum absolute atomic E-state index is 12.3. The predicted molar refractivity (Wildman–Crippen MR) is 66.8 cm³/mol. The Morgan fingerprint density at radius 3 is 2.78 bits per heavy atom. The summed E-state index contributed by atoms with van der Waals surface area (Å²) in [5.41, 5.74) is 1.96.